The average Bonchev–Trinajstić information content (AvgIpc) is 3.31. The van der Waals surface area contributed by atoms with Gasteiger partial charge in [0.05, 0.1) is 23.7 Å². The van der Waals surface area contributed by atoms with Gasteiger partial charge in [-0.1, -0.05) is 62.4 Å². The van der Waals surface area contributed by atoms with E-state index in [4.69, 9.17) is 9.97 Å². The molecule has 0 atom stereocenters. The lowest BCUT2D eigenvalue weighted by atomic mass is 10.1. The third-order valence-corrected chi connectivity index (χ3v) is 6.29. The minimum atomic E-state index is -0.0277. The van der Waals surface area contributed by atoms with Crippen LogP contribution in [0.15, 0.2) is 79.1 Å². The van der Waals surface area contributed by atoms with Crippen molar-refractivity contribution < 1.29 is 5.11 Å². The van der Waals surface area contributed by atoms with Gasteiger partial charge in [0.1, 0.15) is 5.65 Å². The zero-order chi connectivity index (χ0) is 24.2. The molecule has 5 rings (SSSR count). The number of aliphatic hydroxyl groups excluding tert-OH is 1. The number of hydrogen-bond acceptors (Lipinski definition) is 5. The molecule has 3 heterocycles. The number of nitrogens with zero attached hydrogens (tertiary/aromatic N) is 4. The van der Waals surface area contributed by atoms with E-state index >= 15 is 0 Å². The Hall–Kier alpha value is -4.03. The smallest absolute Gasteiger partial charge is 0.223 e. The Bertz CT molecular complexity index is 1440. The SMILES string of the molecule is CCc1ccc(CNc2nccc(-c3c(-c4ccc(CC)cc4)nc4cc(CO)ccn34)n2)cc1. The number of aliphatic hydroxyl groups is 1. The Morgan fingerprint density at radius 1 is 0.800 bits per heavy atom. The maximum atomic E-state index is 9.62. The van der Waals surface area contributed by atoms with E-state index in [1.165, 1.54) is 16.7 Å². The second-order valence-corrected chi connectivity index (χ2v) is 8.57. The highest BCUT2D eigenvalue weighted by Crippen LogP contribution is 2.32. The Morgan fingerprint density at radius 3 is 2.17 bits per heavy atom. The predicted octanol–water partition coefficient (Wildman–Crippen LogP) is 5.69. The van der Waals surface area contributed by atoms with Crippen LogP contribution in [0.25, 0.3) is 28.3 Å². The van der Waals surface area contributed by atoms with Crippen LogP contribution in [0.1, 0.15) is 36.1 Å². The predicted molar refractivity (Wildman–Crippen MR) is 140 cm³/mol. The number of aromatic nitrogens is 4. The molecule has 35 heavy (non-hydrogen) atoms. The van der Waals surface area contributed by atoms with Crippen LogP contribution < -0.4 is 5.32 Å². The molecule has 0 aliphatic heterocycles. The second-order valence-electron chi connectivity index (χ2n) is 8.57. The molecule has 0 spiro atoms. The van der Waals surface area contributed by atoms with Gasteiger partial charge in [-0.2, -0.15) is 0 Å². The van der Waals surface area contributed by atoms with Crippen molar-refractivity contribution >= 4 is 11.6 Å². The van der Waals surface area contributed by atoms with Gasteiger partial charge in [0, 0.05) is 24.5 Å². The highest BCUT2D eigenvalue weighted by atomic mass is 16.3. The maximum absolute atomic E-state index is 9.62. The zero-order valence-corrected chi connectivity index (χ0v) is 20.1. The van der Waals surface area contributed by atoms with Crippen molar-refractivity contribution in [2.24, 2.45) is 0 Å². The molecular formula is C29H29N5O. The topological polar surface area (TPSA) is 75.3 Å². The van der Waals surface area contributed by atoms with E-state index in [1.807, 2.05) is 28.8 Å². The van der Waals surface area contributed by atoms with Crippen molar-refractivity contribution in [3.8, 4) is 22.6 Å². The van der Waals surface area contributed by atoms with Gasteiger partial charge in [-0.05, 0) is 53.3 Å². The van der Waals surface area contributed by atoms with Gasteiger partial charge < -0.3 is 10.4 Å². The Morgan fingerprint density at radius 2 is 1.49 bits per heavy atom. The summed E-state index contributed by atoms with van der Waals surface area (Å²) in [6.45, 7) is 4.92. The minimum Gasteiger partial charge on any atom is -0.392 e. The van der Waals surface area contributed by atoms with Gasteiger partial charge in [-0.25, -0.2) is 15.0 Å². The van der Waals surface area contributed by atoms with Gasteiger partial charge in [0.15, 0.2) is 0 Å². The van der Waals surface area contributed by atoms with E-state index in [9.17, 15) is 5.11 Å². The van der Waals surface area contributed by atoms with E-state index in [2.05, 4.69) is 72.7 Å². The Kier molecular flexibility index (Phi) is 6.55. The van der Waals surface area contributed by atoms with E-state index in [0.29, 0.717) is 12.5 Å². The number of benzene rings is 2. The van der Waals surface area contributed by atoms with Crippen LogP contribution in [0.2, 0.25) is 0 Å². The molecule has 5 aromatic rings. The van der Waals surface area contributed by atoms with Gasteiger partial charge in [0.25, 0.3) is 0 Å². The number of pyridine rings is 1. The van der Waals surface area contributed by atoms with Crippen LogP contribution in [-0.2, 0) is 26.0 Å². The molecule has 2 aromatic carbocycles. The molecule has 0 bridgehead atoms. The molecule has 6 nitrogen and oxygen atoms in total. The van der Waals surface area contributed by atoms with Crippen molar-refractivity contribution in [3.63, 3.8) is 0 Å². The summed E-state index contributed by atoms with van der Waals surface area (Å²) in [5.41, 5.74) is 8.92. The Labute approximate surface area is 205 Å². The highest BCUT2D eigenvalue weighted by Gasteiger charge is 2.18. The summed E-state index contributed by atoms with van der Waals surface area (Å²) in [6.07, 6.45) is 5.73. The summed E-state index contributed by atoms with van der Waals surface area (Å²) in [4.78, 5) is 14.2. The lowest BCUT2D eigenvalue weighted by molar-refractivity contribution is 0.282. The molecule has 3 aromatic heterocycles. The first-order chi connectivity index (χ1) is 17.2. The van der Waals surface area contributed by atoms with Gasteiger partial charge in [0.2, 0.25) is 5.95 Å². The van der Waals surface area contributed by atoms with Gasteiger partial charge >= 0.3 is 0 Å². The van der Waals surface area contributed by atoms with Crippen molar-refractivity contribution in [3.05, 3.63) is 101 Å². The number of hydrogen-bond donors (Lipinski definition) is 2. The second kappa shape index (κ2) is 10.1. The highest BCUT2D eigenvalue weighted by molar-refractivity contribution is 5.81. The molecule has 2 N–H and O–H groups in total. The van der Waals surface area contributed by atoms with Crippen molar-refractivity contribution in [2.75, 3.05) is 5.32 Å². The number of imidazole rings is 1. The Balaban J connectivity index is 1.53. The third-order valence-electron chi connectivity index (χ3n) is 6.29. The molecular weight excluding hydrogens is 434 g/mol. The molecule has 0 amide bonds. The lowest BCUT2D eigenvalue weighted by Gasteiger charge is -2.09. The van der Waals surface area contributed by atoms with E-state index in [1.54, 1.807) is 6.20 Å². The third kappa shape index (κ3) is 4.79. The first-order valence-corrected chi connectivity index (χ1v) is 12.0. The molecule has 176 valence electrons. The lowest BCUT2D eigenvalue weighted by Crippen LogP contribution is -2.04. The number of anilines is 1. The molecule has 0 saturated heterocycles. The zero-order valence-electron chi connectivity index (χ0n) is 20.1. The molecule has 0 aliphatic carbocycles. The fourth-order valence-electron chi connectivity index (χ4n) is 4.18. The molecule has 0 unspecified atom stereocenters. The summed E-state index contributed by atoms with van der Waals surface area (Å²) in [5.74, 6) is 0.566. The van der Waals surface area contributed by atoms with Crippen molar-refractivity contribution in [2.45, 2.75) is 39.8 Å². The van der Waals surface area contributed by atoms with Gasteiger partial charge in [-0.15, -0.1) is 0 Å². The van der Waals surface area contributed by atoms with Crippen LogP contribution in [0.3, 0.4) is 0 Å². The fraction of sp³-hybridized carbons (Fsp3) is 0.207. The van der Waals surface area contributed by atoms with E-state index in [-0.39, 0.29) is 6.61 Å². The summed E-state index contributed by atoms with van der Waals surface area (Å²) < 4.78 is 2.03. The summed E-state index contributed by atoms with van der Waals surface area (Å²) in [7, 11) is 0. The average molecular weight is 464 g/mol. The van der Waals surface area contributed by atoms with E-state index < -0.39 is 0 Å². The molecule has 0 radical (unpaired) electrons. The summed E-state index contributed by atoms with van der Waals surface area (Å²) in [6, 6.07) is 22.8. The molecule has 6 heteroatoms. The summed E-state index contributed by atoms with van der Waals surface area (Å²) >= 11 is 0. The minimum absolute atomic E-state index is 0.0277. The molecule has 0 fully saturated rings. The molecule has 0 saturated carbocycles. The fourth-order valence-corrected chi connectivity index (χ4v) is 4.18. The van der Waals surface area contributed by atoms with Crippen LogP contribution in [0.5, 0.6) is 0 Å². The maximum Gasteiger partial charge on any atom is 0.223 e. The number of rotatable bonds is 8. The van der Waals surface area contributed by atoms with Crippen LogP contribution in [0.4, 0.5) is 5.95 Å². The number of fused-ring (bicyclic) bond motifs is 1. The van der Waals surface area contributed by atoms with Crippen LogP contribution >= 0.6 is 0 Å². The molecule has 0 aliphatic rings. The normalized spacial score (nSPS) is 11.2. The number of aryl methyl sites for hydroxylation is 2. The summed E-state index contributed by atoms with van der Waals surface area (Å²) in [5, 5.41) is 13.0. The first kappa shape index (κ1) is 22.7. The van der Waals surface area contributed by atoms with Crippen LogP contribution in [-0.4, -0.2) is 24.5 Å². The van der Waals surface area contributed by atoms with Gasteiger partial charge in [-0.3, -0.25) is 4.40 Å². The van der Waals surface area contributed by atoms with Crippen LogP contribution in [0, 0.1) is 0 Å². The number of nitrogens with one attached hydrogen (secondary N) is 1. The standard InChI is InChI=1S/C29H29N5O/c1-3-20-5-7-22(8-6-20)18-31-29-30-15-13-25(32-29)28-27(24-11-9-21(4-2)10-12-24)33-26-17-23(19-35)14-16-34(26)28/h5-17,35H,3-4,18-19H2,1-2H3,(H,30,31,32). The van der Waals surface area contributed by atoms with Crippen molar-refractivity contribution in [1.29, 1.82) is 0 Å². The quantitative estimate of drug-likeness (QED) is 0.309. The van der Waals surface area contributed by atoms with Crippen molar-refractivity contribution in [1.82, 2.24) is 19.4 Å². The monoisotopic (exact) mass is 463 g/mol. The van der Waals surface area contributed by atoms with E-state index in [0.717, 1.165) is 46.7 Å². The first-order valence-electron chi connectivity index (χ1n) is 12.0. The largest absolute Gasteiger partial charge is 0.392 e.